The van der Waals surface area contributed by atoms with Crippen molar-refractivity contribution in [2.24, 2.45) is 0 Å². The van der Waals surface area contributed by atoms with Gasteiger partial charge in [-0.05, 0) is 44.2 Å². The summed E-state index contributed by atoms with van der Waals surface area (Å²) in [7, 11) is 0. The third-order valence-corrected chi connectivity index (χ3v) is 11.7. The van der Waals surface area contributed by atoms with Crippen molar-refractivity contribution < 1.29 is 50.6 Å². The summed E-state index contributed by atoms with van der Waals surface area (Å²) in [6.45, 7) is 13.9. The molecule has 0 N–H and O–H groups in total. The maximum atomic E-state index is 12.5. The van der Waals surface area contributed by atoms with E-state index in [1.54, 1.807) is 0 Å². The van der Waals surface area contributed by atoms with Crippen molar-refractivity contribution in [3.63, 3.8) is 0 Å². The van der Waals surface area contributed by atoms with Crippen molar-refractivity contribution in [2.45, 2.75) is 64.7 Å². The topological polar surface area (TPSA) is 0 Å². The van der Waals surface area contributed by atoms with Crippen molar-refractivity contribution in [3.05, 3.63) is 203 Å². The van der Waals surface area contributed by atoms with Gasteiger partial charge in [-0.1, -0.05) is 114 Å². The Morgan fingerprint density at radius 3 is 1.08 bits per heavy atom. The second-order valence-electron chi connectivity index (χ2n) is 16.8. The first kappa shape index (κ1) is 44.4. The van der Waals surface area contributed by atoms with Crippen molar-refractivity contribution >= 4 is 24.8 Å². The Kier molecular flexibility index (Phi) is 13.2. The summed E-state index contributed by atoms with van der Waals surface area (Å²) in [5, 5.41) is 5.36. The van der Waals surface area contributed by atoms with Crippen LogP contribution in [0.2, 0.25) is 0 Å². The molecule has 0 nitrogen and oxygen atoms in total. The van der Waals surface area contributed by atoms with Gasteiger partial charge in [-0.25, -0.2) is 12.1 Å². The molecule has 0 fully saturated rings. The fraction of sp³-hybridized carbons (Fsp3) is 0.189. The second-order valence-corrected chi connectivity index (χ2v) is 18.1. The first-order valence-corrected chi connectivity index (χ1v) is 20.9. The van der Waals surface area contributed by atoms with Crippen LogP contribution in [0.25, 0.3) is 43.8 Å². The monoisotopic (exact) mass is 886 g/mol. The molecule has 0 spiro atoms. The molecule has 0 aromatic heterocycles. The normalized spacial score (nSPS) is 12.1. The summed E-state index contributed by atoms with van der Waals surface area (Å²) < 4.78 is 75.6. The van der Waals surface area contributed by atoms with Gasteiger partial charge in [-0.15, -0.1) is 39.7 Å². The number of fused-ring (bicyclic) bond motifs is 3. The Labute approximate surface area is 363 Å². The predicted octanol–water partition coefficient (Wildman–Crippen LogP) is 15.9. The molecular formula is C53H46F6Zr. The zero-order valence-corrected chi connectivity index (χ0v) is 36.9. The second kappa shape index (κ2) is 17.8. The molecule has 0 aliphatic heterocycles. The predicted molar refractivity (Wildman–Crippen MR) is 233 cm³/mol. The molecule has 0 heterocycles. The Morgan fingerprint density at radius 2 is 0.800 bits per heavy atom. The SMILES string of the molecule is CC(C)(C)c1cc2c(cc1-c1ccccc1)[cH-]c1cc(-c3ccccc3)c(C(C)(C)C)cc12.FC(F)(F)c1ccc([C](=[Zr+2])c2ccc(C(F)(F)F)cc2)cc1.c1cc[cH-]c1. The number of rotatable bonds is 4. The number of alkyl halides is 6. The molecule has 8 aromatic carbocycles. The van der Waals surface area contributed by atoms with Gasteiger partial charge in [0.25, 0.3) is 0 Å². The van der Waals surface area contributed by atoms with E-state index in [2.05, 4.69) is 133 Å². The molecule has 7 heteroatoms. The smallest absolute Gasteiger partial charge is 0.172 e. The van der Waals surface area contributed by atoms with Gasteiger partial charge >= 0.3 is 137 Å². The number of halogens is 6. The standard InChI is InChI=1S/C33H33.C15H8F6.C5H5.Zr/c1-32(2,3)30-20-26-24(18-28(30)22-13-9-7-10-14-22)17-25-19-29(23-15-11-8-12-16-23)31(21-27(25)26)33(4,5)6;16-14(17,18)12-5-1-10(2-6-12)9-11-3-7-13(8-4-11)15(19,20)21;1-2-4-5-3-1;/h7-21H,1-6H3;1-8H;1-5H;/q-1;;-1;+2. The molecule has 60 heavy (non-hydrogen) atoms. The van der Waals surface area contributed by atoms with E-state index >= 15 is 0 Å². The van der Waals surface area contributed by atoms with E-state index in [9.17, 15) is 26.3 Å². The molecule has 0 radical (unpaired) electrons. The van der Waals surface area contributed by atoms with Crippen LogP contribution in [0.3, 0.4) is 0 Å². The van der Waals surface area contributed by atoms with Crippen molar-refractivity contribution in [1.82, 2.24) is 0 Å². The van der Waals surface area contributed by atoms with E-state index in [4.69, 9.17) is 0 Å². The van der Waals surface area contributed by atoms with Crippen LogP contribution >= 0.6 is 0 Å². The maximum absolute atomic E-state index is 12.5. The van der Waals surface area contributed by atoms with E-state index in [1.165, 1.54) is 79.2 Å². The third kappa shape index (κ3) is 10.6. The average Bonchev–Trinajstić information content (AvgIpc) is 3.91. The molecule has 0 aliphatic carbocycles. The number of hydrogen-bond acceptors (Lipinski definition) is 0. The van der Waals surface area contributed by atoms with E-state index < -0.39 is 23.5 Å². The minimum atomic E-state index is -4.41. The van der Waals surface area contributed by atoms with E-state index in [0.29, 0.717) is 14.3 Å². The van der Waals surface area contributed by atoms with E-state index in [0.717, 1.165) is 48.5 Å². The summed E-state index contributed by atoms with van der Waals surface area (Å²) in [5.41, 5.74) is 7.77. The molecule has 0 bridgehead atoms. The van der Waals surface area contributed by atoms with Crippen molar-refractivity contribution in [3.8, 4) is 22.3 Å². The zero-order valence-electron chi connectivity index (χ0n) is 34.4. The largest absolute Gasteiger partial charge is 0.214 e. The van der Waals surface area contributed by atoms with Crippen LogP contribution in [0, 0.1) is 0 Å². The molecule has 0 saturated carbocycles. The quantitative estimate of drug-likeness (QED) is 0.122. The molecule has 0 unspecified atom stereocenters. The molecule has 0 amide bonds. The van der Waals surface area contributed by atoms with Gasteiger partial charge in [0.15, 0.2) is 0 Å². The van der Waals surface area contributed by atoms with Gasteiger partial charge in [-0.2, -0.15) is 18.2 Å². The summed E-state index contributed by atoms with van der Waals surface area (Å²) >= 11 is 0.898. The van der Waals surface area contributed by atoms with Crippen LogP contribution in [-0.2, 0) is 47.4 Å². The Hall–Kier alpha value is -5.13. The minimum absolute atomic E-state index is 0.0554. The maximum Gasteiger partial charge on any atom is -0.172 e. The Balaban J connectivity index is 0.000000192. The van der Waals surface area contributed by atoms with Gasteiger partial charge in [0.05, 0.1) is 0 Å². The average molecular weight is 888 g/mol. The first-order valence-electron chi connectivity index (χ1n) is 19.7. The Morgan fingerprint density at radius 1 is 0.450 bits per heavy atom. The van der Waals surface area contributed by atoms with Crippen LogP contribution in [0.15, 0.2) is 170 Å². The van der Waals surface area contributed by atoms with Crippen LogP contribution < -0.4 is 0 Å². The van der Waals surface area contributed by atoms with Crippen molar-refractivity contribution in [2.75, 3.05) is 0 Å². The molecule has 0 atom stereocenters. The first-order chi connectivity index (χ1) is 28.2. The van der Waals surface area contributed by atoms with Gasteiger partial charge in [0, 0.05) is 0 Å². The summed E-state index contributed by atoms with van der Waals surface area (Å²) in [5.74, 6) is 0. The number of benzene rings is 6. The molecular weight excluding hydrogens is 842 g/mol. The minimum Gasteiger partial charge on any atom is -0.214 e. The van der Waals surface area contributed by atoms with Crippen LogP contribution in [-0.4, -0.2) is 3.21 Å². The van der Waals surface area contributed by atoms with Gasteiger partial charge in [0.2, 0.25) is 0 Å². The third-order valence-electron chi connectivity index (χ3n) is 10.3. The molecule has 0 aliphatic rings. The summed E-state index contributed by atoms with van der Waals surface area (Å²) in [6, 6.07) is 52.9. The van der Waals surface area contributed by atoms with Crippen LogP contribution in [0.1, 0.15) is 74.9 Å². The van der Waals surface area contributed by atoms with E-state index in [-0.39, 0.29) is 10.8 Å². The molecule has 8 aromatic rings. The summed E-state index contributed by atoms with van der Waals surface area (Å²) in [4.78, 5) is 0. The molecule has 304 valence electrons. The van der Waals surface area contributed by atoms with Gasteiger partial charge in [-0.3, -0.25) is 0 Å². The molecule has 8 rings (SSSR count). The van der Waals surface area contributed by atoms with Crippen LogP contribution in [0.4, 0.5) is 26.3 Å². The number of hydrogen-bond donors (Lipinski definition) is 0. The Bertz CT molecular complexity index is 2460. The summed E-state index contributed by atoms with van der Waals surface area (Å²) in [6.07, 6.45) is -8.82. The van der Waals surface area contributed by atoms with Gasteiger partial charge in [0.1, 0.15) is 0 Å². The molecule has 0 saturated heterocycles. The van der Waals surface area contributed by atoms with Gasteiger partial charge < -0.3 is 0 Å². The van der Waals surface area contributed by atoms with Crippen LogP contribution in [0.5, 0.6) is 0 Å². The fourth-order valence-corrected chi connectivity index (χ4v) is 8.02. The van der Waals surface area contributed by atoms with Crippen molar-refractivity contribution in [1.29, 1.82) is 0 Å². The van der Waals surface area contributed by atoms with E-state index in [1.807, 2.05) is 30.3 Å². The fourth-order valence-electron chi connectivity index (χ4n) is 7.20. The zero-order chi connectivity index (χ0) is 43.5.